The van der Waals surface area contributed by atoms with E-state index in [1.54, 1.807) is 12.1 Å². The molecule has 0 saturated heterocycles. The molecule has 0 radical (unpaired) electrons. The molecule has 96 valence electrons. The van der Waals surface area contributed by atoms with Crippen molar-refractivity contribution in [2.45, 2.75) is 13.3 Å². The molecule has 0 aliphatic carbocycles. The van der Waals surface area contributed by atoms with Crippen LogP contribution in [0.25, 0.3) is 0 Å². The van der Waals surface area contributed by atoms with Gasteiger partial charge in [0.25, 0.3) is 0 Å². The Morgan fingerprint density at radius 3 is 2.72 bits per heavy atom. The summed E-state index contributed by atoms with van der Waals surface area (Å²) >= 11 is 3.31. The van der Waals surface area contributed by atoms with E-state index < -0.39 is 5.97 Å². The second-order valence-corrected chi connectivity index (χ2v) is 4.32. The summed E-state index contributed by atoms with van der Waals surface area (Å²) in [6.45, 7) is 2.26. The van der Waals surface area contributed by atoms with Crippen molar-refractivity contribution in [1.29, 1.82) is 0 Å². The van der Waals surface area contributed by atoms with Crippen molar-refractivity contribution in [3.8, 4) is 0 Å². The number of esters is 1. The largest absolute Gasteiger partial charge is 0.463 e. The second-order valence-electron chi connectivity index (χ2n) is 3.47. The lowest BCUT2D eigenvalue weighted by molar-refractivity contribution is -0.137. The molecule has 0 bridgehead atoms. The molecule has 1 rings (SSSR count). The summed E-state index contributed by atoms with van der Waals surface area (Å²) in [5, 5.41) is 2.64. The number of carbonyl (C=O) groups is 2. The second kappa shape index (κ2) is 7.66. The van der Waals surface area contributed by atoms with Crippen molar-refractivity contribution in [3.05, 3.63) is 40.9 Å². The molecule has 1 amide bonds. The number of hydrogen-bond acceptors (Lipinski definition) is 3. The van der Waals surface area contributed by atoms with Gasteiger partial charge in [-0.15, -0.1) is 0 Å². The van der Waals surface area contributed by atoms with Gasteiger partial charge in [0.05, 0.1) is 12.3 Å². The van der Waals surface area contributed by atoms with Gasteiger partial charge in [-0.3, -0.25) is 4.79 Å². The fourth-order valence-electron chi connectivity index (χ4n) is 1.13. The number of rotatable bonds is 5. The molecule has 0 atom stereocenters. The number of nitrogens with one attached hydrogen (secondary N) is 1. The first-order chi connectivity index (χ1) is 8.63. The maximum absolute atomic E-state index is 11.5. The molecule has 0 spiro atoms. The van der Waals surface area contributed by atoms with Crippen LogP contribution in [0.3, 0.4) is 0 Å². The van der Waals surface area contributed by atoms with E-state index in [0.717, 1.165) is 23.0 Å². The highest BCUT2D eigenvalue weighted by atomic mass is 79.9. The summed E-state index contributed by atoms with van der Waals surface area (Å²) in [5.41, 5.74) is 0.647. The first kappa shape index (κ1) is 14.4. The third-order valence-corrected chi connectivity index (χ3v) is 2.64. The van der Waals surface area contributed by atoms with Crippen LogP contribution in [0.2, 0.25) is 0 Å². The maximum atomic E-state index is 11.5. The Morgan fingerprint density at radius 2 is 2.06 bits per heavy atom. The van der Waals surface area contributed by atoms with Crippen LogP contribution in [0.15, 0.2) is 40.9 Å². The van der Waals surface area contributed by atoms with E-state index in [1.807, 2.05) is 19.1 Å². The molecule has 1 aromatic carbocycles. The zero-order valence-electron chi connectivity index (χ0n) is 9.98. The van der Waals surface area contributed by atoms with Gasteiger partial charge in [-0.05, 0) is 34.5 Å². The summed E-state index contributed by atoms with van der Waals surface area (Å²) in [6, 6.07) is 7.22. The normalized spacial score (nSPS) is 10.3. The predicted molar refractivity (Wildman–Crippen MR) is 73.2 cm³/mol. The van der Waals surface area contributed by atoms with Crippen LogP contribution in [0.4, 0.5) is 5.69 Å². The quantitative estimate of drug-likeness (QED) is 0.672. The molecule has 1 N–H and O–H groups in total. The van der Waals surface area contributed by atoms with Crippen molar-refractivity contribution in [2.24, 2.45) is 0 Å². The molecule has 0 heterocycles. The van der Waals surface area contributed by atoms with Crippen LogP contribution in [-0.4, -0.2) is 18.5 Å². The molecular weight excluding hydrogens is 298 g/mol. The van der Waals surface area contributed by atoms with Gasteiger partial charge in [-0.25, -0.2) is 4.79 Å². The first-order valence-electron chi connectivity index (χ1n) is 5.54. The third kappa shape index (κ3) is 5.14. The molecule has 0 unspecified atom stereocenters. The standard InChI is InChI=1S/C13H14BrNO3/c1-2-9-18-13(17)8-7-12(16)15-11-6-4-3-5-10(11)14/h3-8H,2,9H2,1H3,(H,15,16)/b8-7+. The van der Waals surface area contributed by atoms with E-state index in [4.69, 9.17) is 4.74 Å². The highest BCUT2D eigenvalue weighted by molar-refractivity contribution is 9.10. The highest BCUT2D eigenvalue weighted by Crippen LogP contribution is 2.20. The molecule has 1 aromatic rings. The summed E-state index contributed by atoms with van der Waals surface area (Å²) in [7, 11) is 0. The minimum atomic E-state index is -0.515. The lowest BCUT2D eigenvalue weighted by atomic mass is 10.3. The Morgan fingerprint density at radius 1 is 1.33 bits per heavy atom. The Hall–Kier alpha value is -1.62. The van der Waals surface area contributed by atoms with E-state index in [1.165, 1.54) is 0 Å². The summed E-state index contributed by atoms with van der Waals surface area (Å²) < 4.78 is 5.58. The molecule has 0 aromatic heterocycles. The Bertz CT molecular complexity index is 457. The first-order valence-corrected chi connectivity index (χ1v) is 6.33. The smallest absolute Gasteiger partial charge is 0.330 e. The van der Waals surface area contributed by atoms with Crippen molar-refractivity contribution in [2.75, 3.05) is 11.9 Å². The molecule has 4 nitrogen and oxygen atoms in total. The van der Waals surface area contributed by atoms with Gasteiger partial charge in [-0.2, -0.15) is 0 Å². The monoisotopic (exact) mass is 311 g/mol. The minimum Gasteiger partial charge on any atom is -0.463 e. The van der Waals surface area contributed by atoms with Crippen LogP contribution in [0.1, 0.15) is 13.3 Å². The number of benzene rings is 1. The number of anilines is 1. The van der Waals surface area contributed by atoms with Gasteiger partial charge in [0, 0.05) is 16.6 Å². The molecule has 0 fully saturated rings. The third-order valence-electron chi connectivity index (χ3n) is 1.95. The zero-order chi connectivity index (χ0) is 13.4. The summed E-state index contributed by atoms with van der Waals surface area (Å²) in [4.78, 5) is 22.6. The lowest BCUT2D eigenvalue weighted by Crippen LogP contribution is -2.10. The highest BCUT2D eigenvalue weighted by Gasteiger charge is 2.02. The SMILES string of the molecule is CCCOC(=O)/C=C/C(=O)Nc1ccccc1Br. The van der Waals surface area contributed by atoms with E-state index >= 15 is 0 Å². The Kier molecular flexibility index (Phi) is 6.14. The van der Waals surface area contributed by atoms with Crippen molar-refractivity contribution in [3.63, 3.8) is 0 Å². The van der Waals surface area contributed by atoms with Crippen molar-refractivity contribution >= 4 is 33.5 Å². The average molecular weight is 312 g/mol. The lowest BCUT2D eigenvalue weighted by Gasteiger charge is -2.03. The summed E-state index contributed by atoms with van der Waals surface area (Å²) in [5.74, 6) is -0.894. The van der Waals surface area contributed by atoms with E-state index in [2.05, 4.69) is 21.2 Å². The zero-order valence-corrected chi connectivity index (χ0v) is 11.6. The van der Waals surface area contributed by atoms with Gasteiger partial charge >= 0.3 is 5.97 Å². The van der Waals surface area contributed by atoms with Crippen LogP contribution in [0.5, 0.6) is 0 Å². The Balaban J connectivity index is 2.49. The molecule has 18 heavy (non-hydrogen) atoms. The van der Waals surface area contributed by atoms with Gasteiger partial charge in [-0.1, -0.05) is 19.1 Å². The van der Waals surface area contributed by atoms with Crippen LogP contribution in [-0.2, 0) is 14.3 Å². The molecule has 0 saturated carbocycles. The Labute approximate surface area is 114 Å². The molecular formula is C13H14BrNO3. The van der Waals surface area contributed by atoms with E-state index in [-0.39, 0.29) is 5.91 Å². The van der Waals surface area contributed by atoms with E-state index in [0.29, 0.717) is 12.3 Å². The number of halogens is 1. The topological polar surface area (TPSA) is 55.4 Å². The number of amides is 1. The number of para-hydroxylation sites is 1. The van der Waals surface area contributed by atoms with Crippen LogP contribution in [0, 0.1) is 0 Å². The number of carbonyl (C=O) groups excluding carboxylic acids is 2. The van der Waals surface area contributed by atoms with E-state index in [9.17, 15) is 9.59 Å². The number of hydrogen-bond donors (Lipinski definition) is 1. The van der Waals surface area contributed by atoms with Crippen molar-refractivity contribution in [1.82, 2.24) is 0 Å². The van der Waals surface area contributed by atoms with Gasteiger partial charge < -0.3 is 10.1 Å². The fourth-order valence-corrected chi connectivity index (χ4v) is 1.52. The van der Waals surface area contributed by atoms with Gasteiger partial charge in [0.15, 0.2) is 0 Å². The van der Waals surface area contributed by atoms with Gasteiger partial charge in [0.1, 0.15) is 0 Å². The maximum Gasteiger partial charge on any atom is 0.330 e. The fraction of sp³-hybridized carbons (Fsp3) is 0.231. The van der Waals surface area contributed by atoms with Gasteiger partial charge in [0.2, 0.25) is 5.91 Å². The van der Waals surface area contributed by atoms with Crippen molar-refractivity contribution < 1.29 is 14.3 Å². The van der Waals surface area contributed by atoms with Crippen LogP contribution >= 0.6 is 15.9 Å². The minimum absolute atomic E-state index is 0.356. The molecule has 0 aliphatic rings. The predicted octanol–water partition coefficient (Wildman–Crippen LogP) is 2.90. The molecule has 0 aliphatic heterocycles. The summed E-state index contributed by atoms with van der Waals surface area (Å²) in [6.07, 6.45) is 3.02. The average Bonchev–Trinajstić information content (AvgIpc) is 2.36. The molecule has 5 heteroatoms. The number of ether oxygens (including phenoxy) is 1. The van der Waals surface area contributed by atoms with Crippen LogP contribution < -0.4 is 5.32 Å².